The van der Waals surface area contributed by atoms with Crippen LogP contribution in [0, 0.1) is 11.9 Å². The second-order valence-corrected chi connectivity index (χ2v) is 4.31. The molecule has 16 heavy (non-hydrogen) atoms. The zero-order valence-corrected chi connectivity index (χ0v) is 9.09. The second-order valence-electron chi connectivity index (χ2n) is 3.43. The predicted molar refractivity (Wildman–Crippen MR) is 63.9 cm³/mol. The van der Waals surface area contributed by atoms with Crippen molar-refractivity contribution in [2.75, 3.05) is 0 Å². The average molecular weight is 228 g/mol. The third-order valence-corrected chi connectivity index (χ3v) is 3.22. The number of fused-ring (bicyclic) bond motifs is 1. The number of hydrogen-bond acceptors (Lipinski definition) is 2. The van der Waals surface area contributed by atoms with E-state index in [0.717, 1.165) is 15.8 Å². The van der Waals surface area contributed by atoms with E-state index >= 15 is 0 Å². The highest BCUT2D eigenvalue weighted by Gasteiger charge is 2.05. The van der Waals surface area contributed by atoms with Crippen LogP contribution in [-0.2, 0) is 0 Å². The van der Waals surface area contributed by atoms with E-state index in [2.05, 4.69) is 11.1 Å². The van der Waals surface area contributed by atoms with E-state index in [9.17, 15) is 4.39 Å². The third-order valence-electron chi connectivity index (χ3n) is 2.43. The van der Waals surface area contributed by atoms with E-state index in [0.29, 0.717) is 5.56 Å². The van der Waals surface area contributed by atoms with Crippen LogP contribution >= 0.6 is 11.3 Å². The molecule has 1 radical (unpaired) electrons. The number of hydrogen-bond donors (Lipinski definition) is 0. The fourth-order valence-corrected chi connectivity index (χ4v) is 2.36. The van der Waals surface area contributed by atoms with Gasteiger partial charge in [0.1, 0.15) is 5.82 Å². The van der Waals surface area contributed by atoms with Crippen LogP contribution in [-0.4, -0.2) is 4.98 Å². The van der Waals surface area contributed by atoms with Crippen molar-refractivity contribution in [2.45, 2.75) is 0 Å². The largest absolute Gasteiger partial charge is 0.245 e. The molecular formula is C13H7FNS. The topological polar surface area (TPSA) is 12.9 Å². The van der Waals surface area contributed by atoms with Crippen molar-refractivity contribution in [3.8, 4) is 11.1 Å². The molecule has 0 spiro atoms. The van der Waals surface area contributed by atoms with Gasteiger partial charge in [-0.1, -0.05) is 18.2 Å². The minimum atomic E-state index is -0.244. The van der Waals surface area contributed by atoms with Gasteiger partial charge in [-0.25, -0.2) is 9.37 Å². The van der Waals surface area contributed by atoms with E-state index in [1.807, 2.05) is 18.2 Å². The summed E-state index contributed by atoms with van der Waals surface area (Å²) in [6.45, 7) is 0. The van der Waals surface area contributed by atoms with Gasteiger partial charge in [-0.15, -0.1) is 11.3 Å². The van der Waals surface area contributed by atoms with Gasteiger partial charge in [0, 0.05) is 5.56 Å². The molecule has 1 nitrogen and oxygen atoms in total. The second kappa shape index (κ2) is 3.68. The first kappa shape index (κ1) is 9.48. The van der Waals surface area contributed by atoms with Gasteiger partial charge in [0.25, 0.3) is 0 Å². The van der Waals surface area contributed by atoms with Crippen molar-refractivity contribution in [1.82, 2.24) is 4.98 Å². The number of benzene rings is 2. The standard InChI is InChI=1S/C13H7FNS/c14-11-4-2-1-3-10(11)9-5-6-12-13(7-9)16-8-15-12/h1-2,4-8H. The summed E-state index contributed by atoms with van der Waals surface area (Å²) in [5.74, 6) is -0.244. The molecule has 3 rings (SSSR count). The van der Waals surface area contributed by atoms with Crippen molar-refractivity contribution in [1.29, 1.82) is 0 Å². The van der Waals surface area contributed by atoms with Gasteiger partial charge in [-0.05, 0) is 29.8 Å². The SMILES string of the molecule is Fc1ccc[c]c1-c1ccc2ncsc2c1. The summed E-state index contributed by atoms with van der Waals surface area (Å²) in [6.07, 6.45) is 0. The lowest BCUT2D eigenvalue weighted by atomic mass is 10.1. The monoisotopic (exact) mass is 228 g/mol. The highest BCUT2D eigenvalue weighted by molar-refractivity contribution is 7.16. The molecule has 0 saturated carbocycles. The van der Waals surface area contributed by atoms with Crippen LogP contribution in [0.4, 0.5) is 4.39 Å². The zero-order chi connectivity index (χ0) is 11.0. The smallest absolute Gasteiger partial charge is 0.131 e. The van der Waals surface area contributed by atoms with Crippen molar-refractivity contribution in [3.05, 3.63) is 53.8 Å². The Morgan fingerprint density at radius 1 is 1.25 bits per heavy atom. The molecule has 0 amide bonds. The Hall–Kier alpha value is -1.74. The average Bonchev–Trinajstić information content (AvgIpc) is 2.76. The minimum Gasteiger partial charge on any atom is -0.245 e. The van der Waals surface area contributed by atoms with Crippen molar-refractivity contribution in [3.63, 3.8) is 0 Å². The number of halogens is 1. The zero-order valence-electron chi connectivity index (χ0n) is 8.27. The van der Waals surface area contributed by atoms with E-state index in [1.54, 1.807) is 29.0 Å². The minimum absolute atomic E-state index is 0.244. The maximum atomic E-state index is 13.6. The quantitative estimate of drug-likeness (QED) is 0.615. The lowest BCUT2D eigenvalue weighted by molar-refractivity contribution is 0.631. The van der Waals surface area contributed by atoms with E-state index in [4.69, 9.17) is 0 Å². The lowest BCUT2D eigenvalue weighted by Gasteiger charge is -2.02. The molecular weight excluding hydrogens is 221 g/mol. The summed E-state index contributed by atoms with van der Waals surface area (Å²) in [7, 11) is 0. The first-order valence-corrected chi connectivity index (χ1v) is 5.72. The van der Waals surface area contributed by atoms with E-state index < -0.39 is 0 Å². The highest BCUT2D eigenvalue weighted by atomic mass is 32.1. The first-order valence-electron chi connectivity index (χ1n) is 4.84. The van der Waals surface area contributed by atoms with Gasteiger partial charge < -0.3 is 0 Å². The number of rotatable bonds is 1. The van der Waals surface area contributed by atoms with Crippen LogP contribution in [0.3, 0.4) is 0 Å². The maximum Gasteiger partial charge on any atom is 0.131 e. The fraction of sp³-hybridized carbons (Fsp3) is 0. The van der Waals surface area contributed by atoms with Crippen molar-refractivity contribution >= 4 is 21.6 Å². The Morgan fingerprint density at radius 2 is 2.19 bits per heavy atom. The molecule has 0 bridgehead atoms. The van der Waals surface area contributed by atoms with Gasteiger partial charge >= 0.3 is 0 Å². The predicted octanol–water partition coefficient (Wildman–Crippen LogP) is 3.90. The molecule has 0 unspecified atom stereocenters. The summed E-state index contributed by atoms with van der Waals surface area (Å²) in [6, 6.07) is 13.4. The Morgan fingerprint density at radius 3 is 3.06 bits per heavy atom. The highest BCUT2D eigenvalue weighted by Crippen LogP contribution is 2.27. The maximum absolute atomic E-state index is 13.6. The number of nitrogens with zero attached hydrogens (tertiary/aromatic N) is 1. The molecule has 0 atom stereocenters. The molecule has 0 aliphatic rings. The van der Waals surface area contributed by atoms with Crippen LogP contribution in [0.1, 0.15) is 0 Å². The molecule has 3 heteroatoms. The molecule has 0 aliphatic carbocycles. The van der Waals surface area contributed by atoms with E-state index in [1.165, 1.54) is 6.07 Å². The molecule has 1 aromatic heterocycles. The van der Waals surface area contributed by atoms with Crippen LogP contribution in [0.5, 0.6) is 0 Å². The Kier molecular flexibility index (Phi) is 2.18. The van der Waals surface area contributed by atoms with Gasteiger partial charge in [0.15, 0.2) is 0 Å². The summed E-state index contributed by atoms with van der Waals surface area (Å²) in [5.41, 5.74) is 4.09. The van der Waals surface area contributed by atoms with Gasteiger partial charge in [0.05, 0.1) is 15.7 Å². The summed E-state index contributed by atoms with van der Waals surface area (Å²) < 4.78 is 14.6. The normalized spacial score (nSPS) is 10.8. The molecule has 0 aliphatic heterocycles. The fourth-order valence-electron chi connectivity index (χ4n) is 1.65. The van der Waals surface area contributed by atoms with Crippen LogP contribution in [0.2, 0.25) is 0 Å². The van der Waals surface area contributed by atoms with Crippen molar-refractivity contribution in [2.24, 2.45) is 0 Å². The third kappa shape index (κ3) is 1.49. The molecule has 3 aromatic rings. The van der Waals surface area contributed by atoms with Gasteiger partial charge in [-0.3, -0.25) is 0 Å². The number of thiazole rings is 1. The number of aromatic nitrogens is 1. The molecule has 0 N–H and O–H groups in total. The Bertz CT molecular complexity index is 645. The first-order chi connectivity index (χ1) is 7.84. The summed E-state index contributed by atoms with van der Waals surface area (Å²) >= 11 is 1.55. The summed E-state index contributed by atoms with van der Waals surface area (Å²) in [4.78, 5) is 4.19. The van der Waals surface area contributed by atoms with Crippen LogP contribution < -0.4 is 0 Å². The molecule has 77 valence electrons. The Labute approximate surface area is 96.2 Å². The van der Waals surface area contributed by atoms with Gasteiger partial charge in [-0.2, -0.15) is 0 Å². The van der Waals surface area contributed by atoms with Crippen LogP contribution in [0.15, 0.2) is 41.9 Å². The Balaban J connectivity index is 2.22. The van der Waals surface area contributed by atoms with Gasteiger partial charge in [0.2, 0.25) is 0 Å². The van der Waals surface area contributed by atoms with Crippen LogP contribution in [0.25, 0.3) is 21.3 Å². The molecule has 0 fully saturated rings. The van der Waals surface area contributed by atoms with Crippen molar-refractivity contribution < 1.29 is 4.39 Å². The lowest BCUT2D eigenvalue weighted by Crippen LogP contribution is -1.83. The molecule has 0 saturated heterocycles. The molecule has 2 aromatic carbocycles. The molecule has 1 heterocycles. The van der Waals surface area contributed by atoms with E-state index in [-0.39, 0.29) is 5.82 Å². The summed E-state index contributed by atoms with van der Waals surface area (Å²) in [5, 5.41) is 0.